The number of hydrogen-bond acceptors (Lipinski definition) is 7. The van der Waals surface area contributed by atoms with Gasteiger partial charge in [-0.05, 0) is 38.5 Å². The van der Waals surface area contributed by atoms with Crippen molar-refractivity contribution in [2.24, 2.45) is 5.92 Å². The highest BCUT2D eigenvalue weighted by molar-refractivity contribution is 5.80. The average molecular weight is 421 g/mol. The quantitative estimate of drug-likeness (QED) is 0.715. The molecule has 0 aromatic carbocycles. The summed E-state index contributed by atoms with van der Waals surface area (Å²) in [4.78, 5) is 32.7. The van der Waals surface area contributed by atoms with Gasteiger partial charge in [0.2, 0.25) is 17.7 Å². The second-order valence-electron chi connectivity index (χ2n) is 8.58. The molecule has 0 bridgehead atoms. The van der Waals surface area contributed by atoms with Crippen LogP contribution in [0.2, 0.25) is 0 Å². The molecule has 166 valence electrons. The first-order chi connectivity index (χ1) is 14.6. The highest BCUT2D eigenvalue weighted by Crippen LogP contribution is 2.26. The minimum Gasteiger partial charge on any atom is -0.381 e. The summed E-state index contributed by atoms with van der Waals surface area (Å²) in [5.41, 5.74) is 0. The first-order valence-electron chi connectivity index (χ1n) is 11.2. The minimum absolute atomic E-state index is 0.00922. The summed E-state index contributed by atoms with van der Waals surface area (Å²) in [6.45, 7) is 6.09. The van der Waals surface area contributed by atoms with E-state index in [9.17, 15) is 9.59 Å². The van der Waals surface area contributed by atoms with Gasteiger partial charge in [0.25, 0.3) is 0 Å². The van der Waals surface area contributed by atoms with Crippen molar-refractivity contribution in [3.8, 4) is 0 Å². The van der Waals surface area contributed by atoms with Crippen molar-refractivity contribution >= 4 is 11.8 Å². The van der Waals surface area contributed by atoms with E-state index < -0.39 is 0 Å². The second-order valence-corrected chi connectivity index (χ2v) is 8.58. The van der Waals surface area contributed by atoms with Gasteiger partial charge in [0.05, 0.1) is 6.10 Å². The number of amides is 2. The molecule has 1 atom stereocenters. The van der Waals surface area contributed by atoms with Gasteiger partial charge in [-0.25, -0.2) is 0 Å². The summed E-state index contributed by atoms with van der Waals surface area (Å²) in [5.74, 6) is 1.82. The molecular formula is C21H32N4O5. The fraction of sp³-hybridized carbons (Fsp3) is 0.810. The SMILES string of the molecule is CC(=O)N1CCC(C(=O)N2CCCC(OCc3noc(C4CCOCC4)n3)C2)CC1. The third-order valence-electron chi connectivity index (χ3n) is 6.48. The van der Waals surface area contributed by atoms with E-state index in [1.165, 1.54) is 0 Å². The van der Waals surface area contributed by atoms with E-state index in [2.05, 4.69) is 10.1 Å². The van der Waals surface area contributed by atoms with E-state index in [0.717, 1.165) is 58.3 Å². The number of carbonyl (C=O) groups excluding carboxylic acids is 2. The van der Waals surface area contributed by atoms with Crippen molar-refractivity contribution in [1.82, 2.24) is 19.9 Å². The summed E-state index contributed by atoms with van der Waals surface area (Å²) in [7, 11) is 0. The van der Waals surface area contributed by atoms with Crippen LogP contribution in [-0.2, 0) is 25.7 Å². The molecule has 9 nitrogen and oxygen atoms in total. The van der Waals surface area contributed by atoms with Crippen LogP contribution in [0.1, 0.15) is 63.1 Å². The predicted molar refractivity (Wildman–Crippen MR) is 106 cm³/mol. The van der Waals surface area contributed by atoms with Crippen molar-refractivity contribution in [2.45, 2.75) is 64.1 Å². The van der Waals surface area contributed by atoms with Crippen LogP contribution in [0.4, 0.5) is 0 Å². The highest BCUT2D eigenvalue weighted by Gasteiger charge is 2.32. The van der Waals surface area contributed by atoms with Crippen molar-refractivity contribution in [1.29, 1.82) is 0 Å². The number of nitrogens with zero attached hydrogens (tertiary/aromatic N) is 4. The third kappa shape index (κ3) is 5.18. The first kappa shape index (κ1) is 21.2. The summed E-state index contributed by atoms with van der Waals surface area (Å²) < 4.78 is 16.8. The molecule has 30 heavy (non-hydrogen) atoms. The Hall–Kier alpha value is -2.00. The molecule has 0 spiro atoms. The van der Waals surface area contributed by atoms with Crippen molar-refractivity contribution < 1.29 is 23.6 Å². The maximum atomic E-state index is 12.9. The Morgan fingerprint density at radius 1 is 1.07 bits per heavy atom. The zero-order chi connectivity index (χ0) is 20.9. The molecule has 0 N–H and O–H groups in total. The van der Waals surface area contributed by atoms with Gasteiger partial charge in [0.1, 0.15) is 6.61 Å². The lowest BCUT2D eigenvalue weighted by Gasteiger charge is -2.37. The van der Waals surface area contributed by atoms with E-state index in [4.69, 9.17) is 14.0 Å². The standard InChI is InChI=1S/C21H32N4O5/c1-15(26)24-9-4-17(5-10-24)21(27)25-8-2-3-18(13-25)29-14-19-22-20(30-23-19)16-6-11-28-12-7-16/h16-18H,2-14H2,1H3. The lowest BCUT2D eigenvalue weighted by molar-refractivity contribution is -0.143. The van der Waals surface area contributed by atoms with Crippen molar-refractivity contribution in [3.63, 3.8) is 0 Å². The molecule has 0 aliphatic carbocycles. The van der Waals surface area contributed by atoms with Crippen LogP contribution in [0.3, 0.4) is 0 Å². The van der Waals surface area contributed by atoms with Gasteiger partial charge in [0.15, 0.2) is 5.82 Å². The molecule has 1 aromatic rings. The monoisotopic (exact) mass is 420 g/mol. The van der Waals surface area contributed by atoms with Gasteiger partial charge in [-0.15, -0.1) is 0 Å². The van der Waals surface area contributed by atoms with Crippen LogP contribution >= 0.6 is 0 Å². The van der Waals surface area contributed by atoms with Crippen LogP contribution in [-0.4, -0.2) is 77.3 Å². The van der Waals surface area contributed by atoms with Gasteiger partial charge in [-0.2, -0.15) is 4.98 Å². The van der Waals surface area contributed by atoms with Crippen LogP contribution in [0, 0.1) is 5.92 Å². The van der Waals surface area contributed by atoms with E-state index in [-0.39, 0.29) is 29.8 Å². The summed E-state index contributed by atoms with van der Waals surface area (Å²) >= 11 is 0. The maximum absolute atomic E-state index is 12.9. The Labute approximate surface area is 177 Å². The van der Waals surface area contributed by atoms with Crippen molar-refractivity contribution in [3.05, 3.63) is 11.7 Å². The molecule has 3 aliphatic rings. The van der Waals surface area contributed by atoms with Crippen LogP contribution in [0.25, 0.3) is 0 Å². The van der Waals surface area contributed by atoms with Gasteiger partial charge < -0.3 is 23.8 Å². The van der Waals surface area contributed by atoms with Crippen LogP contribution < -0.4 is 0 Å². The van der Waals surface area contributed by atoms with Gasteiger partial charge >= 0.3 is 0 Å². The molecule has 2 amide bonds. The molecule has 3 aliphatic heterocycles. The number of aromatic nitrogens is 2. The van der Waals surface area contributed by atoms with Crippen molar-refractivity contribution in [2.75, 3.05) is 39.4 Å². The Morgan fingerprint density at radius 3 is 2.57 bits per heavy atom. The lowest BCUT2D eigenvalue weighted by atomic mass is 9.94. The first-order valence-corrected chi connectivity index (χ1v) is 11.2. The molecule has 3 fully saturated rings. The zero-order valence-corrected chi connectivity index (χ0v) is 17.8. The number of piperidine rings is 2. The van der Waals surface area contributed by atoms with Gasteiger partial charge in [-0.1, -0.05) is 5.16 Å². The molecule has 4 heterocycles. The predicted octanol–water partition coefficient (Wildman–Crippen LogP) is 1.73. The number of ether oxygens (including phenoxy) is 2. The summed E-state index contributed by atoms with van der Waals surface area (Å²) in [6, 6.07) is 0. The minimum atomic E-state index is -0.00922. The number of rotatable bonds is 5. The summed E-state index contributed by atoms with van der Waals surface area (Å²) in [6.07, 6.45) is 5.17. The number of carbonyl (C=O) groups is 2. The number of likely N-dealkylation sites (tertiary alicyclic amines) is 2. The molecular weight excluding hydrogens is 388 g/mol. The Kier molecular flexibility index (Phi) is 6.99. The van der Waals surface area contributed by atoms with Gasteiger partial charge in [0, 0.05) is 58.2 Å². The zero-order valence-electron chi connectivity index (χ0n) is 17.8. The molecule has 3 saturated heterocycles. The molecule has 1 unspecified atom stereocenters. The smallest absolute Gasteiger partial charge is 0.230 e. The number of hydrogen-bond donors (Lipinski definition) is 0. The molecule has 0 saturated carbocycles. The topological polar surface area (TPSA) is 98.0 Å². The second kappa shape index (κ2) is 9.87. The fourth-order valence-electron chi connectivity index (χ4n) is 4.60. The summed E-state index contributed by atoms with van der Waals surface area (Å²) in [5, 5.41) is 4.06. The Balaban J connectivity index is 1.24. The fourth-order valence-corrected chi connectivity index (χ4v) is 4.60. The molecule has 0 radical (unpaired) electrons. The molecule has 1 aromatic heterocycles. The molecule has 4 rings (SSSR count). The van der Waals surface area contributed by atoms with Crippen LogP contribution in [0.15, 0.2) is 4.52 Å². The Bertz CT molecular complexity index is 725. The van der Waals surface area contributed by atoms with E-state index >= 15 is 0 Å². The van der Waals surface area contributed by atoms with Crippen LogP contribution in [0.5, 0.6) is 0 Å². The lowest BCUT2D eigenvalue weighted by Crippen LogP contribution is -2.48. The maximum Gasteiger partial charge on any atom is 0.230 e. The largest absolute Gasteiger partial charge is 0.381 e. The van der Waals surface area contributed by atoms with E-state index in [1.54, 1.807) is 6.92 Å². The Morgan fingerprint density at radius 2 is 1.83 bits per heavy atom. The highest BCUT2D eigenvalue weighted by atomic mass is 16.5. The van der Waals surface area contributed by atoms with E-state index in [0.29, 0.717) is 38.0 Å². The third-order valence-corrected chi connectivity index (χ3v) is 6.48. The normalized spacial score (nSPS) is 24.2. The molecule has 9 heteroatoms. The van der Waals surface area contributed by atoms with Gasteiger partial charge in [-0.3, -0.25) is 9.59 Å². The average Bonchev–Trinajstić information content (AvgIpc) is 3.27. The van der Waals surface area contributed by atoms with E-state index in [1.807, 2.05) is 9.80 Å².